The lowest BCUT2D eigenvalue weighted by Gasteiger charge is -2.38. The van der Waals surface area contributed by atoms with E-state index in [1.807, 2.05) is 36.2 Å². The fourth-order valence-electron chi connectivity index (χ4n) is 3.00. The fraction of sp³-hybridized carbons (Fsp3) is 0.562. The van der Waals surface area contributed by atoms with Gasteiger partial charge in [-0.05, 0) is 31.5 Å². The van der Waals surface area contributed by atoms with Crippen LogP contribution in [0.5, 0.6) is 5.75 Å². The summed E-state index contributed by atoms with van der Waals surface area (Å²) in [5, 5.41) is 3.36. The third-order valence-corrected chi connectivity index (χ3v) is 4.25. The molecule has 1 aliphatic heterocycles. The average molecular weight is 276 g/mol. The Labute approximate surface area is 121 Å². The van der Waals surface area contributed by atoms with Crippen LogP contribution in [0.4, 0.5) is 0 Å². The molecule has 2 atom stereocenters. The standard InChI is InChI=1S/C16H24N2O2/c1-4-12-11-18(10-9-14(12)17-2)16(19)13-7-5-6-8-15(13)20-3/h5-8,12,14,17H,4,9-11H2,1-3H3. The van der Waals surface area contributed by atoms with Gasteiger partial charge in [-0.2, -0.15) is 0 Å². The number of ether oxygens (including phenoxy) is 1. The summed E-state index contributed by atoms with van der Waals surface area (Å²) in [6, 6.07) is 7.96. The number of benzene rings is 1. The molecule has 0 bridgehead atoms. The van der Waals surface area contributed by atoms with Crippen molar-refractivity contribution in [3.63, 3.8) is 0 Å². The molecule has 1 aromatic rings. The van der Waals surface area contributed by atoms with E-state index in [2.05, 4.69) is 12.2 Å². The summed E-state index contributed by atoms with van der Waals surface area (Å²) in [4.78, 5) is 14.6. The van der Waals surface area contributed by atoms with Gasteiger partial charge in [0.05, 0.1) is 12.7 Å². The smallest absolute Gasteiger partial charge is 0.257 e. The minimum absolute atomic E-state index is 0.0791. The van der Waals surface area contributed by atoms with Gasteiger partial charge in [-0.25, -0.2) is 0 Å². The first-order valence-electron chi connectivity index (χ1n) is 7.30. The highest BCUT2D eigenvalue weighted by Crippen LogP contribution is 2.24. The molecule has 1 N–H and O–H groups in total. The van der Waals surface area contributed by atoms with Crippen molar-refractivity contribution in [3.05, 3.63) is 29.8 Å². The second-order valence-corrected chi connectivity index (χ2v) is 5.30. The van der Waals surface area contributed by atoms with Crippen LogP contribution in [0.2, 0.25) is 0 Å². The van der Waals surface area contributed by atoms with Crippen LogP contribution < -0.4 is 10.1 Å². The number of amides is 1. The summed E-state index contributed by atoms with van der Waals surface area (Å²) in [6.07, 6.45) is 2.09. The van der Waals surface area contributed by atoms with Crippen molar-refractivity contribution in [3.8, 4) is 5.75 Å². The number of nitrogens with zero attached hydrogens (tertiary/aromatic N) is 1. The Morgan fingerprint density at radius 3 is 2.85 bits per heavy atom. The lowest BCUT2D eigenvalue weighted by Crippen LogP contribution is -2.50. The molecule has 1 amide bonds. The maximum atomic E-state index is 12.7. The summed E-state index contributed by atoms with van der Waals surface area (Å²) in [5.74, 6) is 1.25. The molecular weight excluding hydrogens is 252 g/mol. The monoisotopic (exact) mass is 276 g/mol. The van der Waals surface area contributed by atoms with E-state index in [9.17, 15) is 4.79 Å². The van der Waals surface area contributed by atoms with E-state index in [0.717, 1.165) is 25.9 Å². The molecule has 1 fully saturated rings. The first-order chi connectivity index (χ1) is 9.71. The molecule has 0 aliphatic carbocycles. The SMILES string of the molecule is CCC1CN(C(=O)c2ccccc2OC)CCC1NC. The van der Waals surface area contributed by atoms with Gasteiger partial charge in [-0.1, -0.05) is 25.5 Å². The fourth-order valence-corrected chi connectivity index (χ4v) is 3.00. The van der Waals surface area contributed by atoms with Gasteiger partial charge in [0.2, 0.25) is 0 Å². The molecular formula is C16H24N2O2. The van der Waals surface area contributed by atoms with E-state index in [0.29, 0.717) is 23.3 Å². The molecule has 1 saturated heterocycles. The summed E-state index contributed by atoms with van der Waals surface area (Å²) >= 11 is 0. The lowest BCUT2D eigenvalue weighted by atomic mass is 9.89. The number of hydrogen-bond donors (Lipinski definition) is 1. The van der Waals surface area contributed by atoms with Gasteiger partial charge >= 0.3 is 0 Å². The Morgan fingerprint density at radius 2 is 2.20 bits per heavy atom. The zero-order valence-corrected chi connectivity index (χ0v) is 12.6. The maximum Gasteiger partial charge on any atom is 0.257 e. The number of carbonyl (C=O) groups is 1. The Hall–Kier alpha value is -1.55. The van der Waals surface area contributed by atoms with Crippen LogP contribution in [0.15, 0.2) is 24.3 Å². The number of nitrogens with one attached hydrogen (secondary N) is 1. The quantitative estimate of drug-likeness (QED) is 0.916. The number of likely N-dealkylation sites (tertiary alicyclic amines) is 1. The van der Waals surface area contributed by atoms with Gasteiger partial charge in [-0.3, -0.25) is 4.79 Å². The van der Waals surface area contributed by atoms with Gasteiger partial charge in [0.25, 0.3) is 5.91 Å². The number of piperidine rings is 1. The van der Waals surface area contributed by atoms with E-state index >= 15 is 0 Å². The summed E-state index contributed by atoms with van der Waals surface area (Å²) in [7, 11) is 3.61. The normalized spacial score (nSPS) is 22.6. The van der Waals surface area contributed by atoms with Crippen molar-refractivity contribution in [2.75, 3.05) is 27.2 Å². The molecule has 4 heteroatoms. The Balaban J connectivity index is 2.14. The van der Waals surface area contributed by atoms with E-state index in [-0.39, 0.29) is 5.91 Å². The zero-order chi connectivity index (χ0) is 14.5. The zero-order valence-electron chi connectivity index (χ0n) is 12.6. The first kappa shape index (κ1) is 14.9. The van der Waals surface area contributed by atoms with Gasteiger partial charge in [-0.15, -0.1) is 0 Å². The van der Waals surface area contributed by atoms with Crippen molar-refractivity contribution in [1.82, 2.24) is 10.2 Å². The molecule has 1 heterocycles. The van der Waals surface area contributed by atoms with Gasteiger partial charge in [0, 0.05) is 19.1 Å². The number of rotatable bonds is 4. The molecule has 20 heavy (non-hydrogen) atoms. The van der Waals surface area contributed by atoms with Crippen LogP contribution in [0.3, 0.4) is 0 Å². The van der Waals surface area contributed by atoms with Crippen LogP contribution in [-0.4, -0.2) is 44.1 Å². The van der Waals surface area contributed by atoms with Gasteiger partial charge in [0.1, 0.15) is 5.75 Å². The molecule has 0 saturated carbocycles. The predicted octanol–water partition coefficient (Wildman–Crippen LogP) is 2.16. The van der Waals surface area contributed by atoms with Crippen LogP contribution in [0, 0.1) is 5.92 Å². The molecule has 4 nitrogen and oxygen atoms in total. The van der Waals surface area contributed by atoms with Crippen LogP contribution in [-0.2, 0) is 0 Å². The number of para-hydroxylation sites is 1. The van der Waals surface area contributed by atoms with Crippen molar-refractivity contribution < 1.29 is 9.53 Å². The van der Waals surface area contributed by atoms with E-state index in [1.165, 1.54) is 0 Å². The number of hydrogen-bond acceptors (Lipinski definition) is 3. The summed E-state index contributed by atoms with van der Waals surface area (Å²) < 4.78 is 5.29. The van der Waals surface area contributed by atoms with E-state index in [1.54, 1.807) is 7.11 Å². The topological polar surface area (TPSA) is 41.6 Å². The van der Waals surface area contributed by atoms with E-state index in [4.69, 9.17) is 4.74 Å². The number of carbonyl (C=O) groups excluding carboxylic acids is 1. The van der Waals surface area contributed by atoms with Crippen molar-refractivity contribution in [2.45, 2.75) is 25.8 Å². The molecule has 1 aromatic carbocycles. The largest absolute Gasteiger partial charge is 0.496 e. The lowest BCUT2D eigenvalue weighted by molar-refractivity contribution is 0.0628. The maximum absolute atomic E-state index is 12.7. The minimum Gasteiger partial charge on any atom is -0.496 e. The molecule has 0 radical (unpaired) electrons. The van der Waals surface area contributed by atoms with Crippen molar-refractivity contribution >= 4 is 5.91 Å². The van der Waals surface area contributed by atoms with Crippen LogP contribution >= 0.6 is 0 Å². The molecule has 0 aromatic heterocycles. The van der Waals surface area contributed by atoms with Gasteiger partial charge < -0.3 is 15.0 Å². The molecule has 2 unspecified atom stereocenters. The highest BCUT2D eigenvalue weighted by molar-refractivity contribution is 5.97. The highest BCUT2D eigenvalue weighted by atomic mass is 16.5. The molecule has 0 spiro atoms. The van der Waals surface area contributed by atoms with Crippen molar-refractivity contribution in [1.29, 1.82) is 0 Å². The highest BCUT2D eigenvalue weighted by Gasteiger charge is 2.30. The second kappa shape index (κ2) is 6.75. The molecule has 110 valence electrons. The Kier molecular flexibility index (Phi) is 5.01. The second-order valence-electron chi connectivity index (χ2n) is 5.30. The summed E-state index contributed by atoms with van der Waals surface area (Å²) in [6.45, 7) is 3.81. The first-order valence-corrected chi connectivity index (χ1v) is 7.30. The number of methoxy groups -OCH3 is 1. The third-order valence-electron chi connectivity index (χ3n) is 4.25. The van der Waals surface area contributed by atoms with Gasteiger partial charge in [0.15, 0.2) is 0 Å². The van der Waals surface area contributed by atoms with Crippen LogP contribution in [0.1, 0.15) is 30.1 Å². The molecule has 1 aliphatic rings. The Bertz CT molecular complexity index is 462. The minimum atomic E-state index is 0.0791. The molecule has 2 rings (SSSR count). The van der Waals surface area contributed by atoms with E-state index < -0.39 is 0 Å². The van der Waals surface area contributed by atoms with Crippen molar-refractivity contribution in [2.24, 2.45) is 5.92 Å². The third kappa shape index (κ3) is 2.96. The predicted molar refractivity (Wildman–Crippen MR) is 80.1 cm³/mol. The van der Waals surface area contributed by atoms with Crippen LogP contribution in [0.25, 0.3) is 0 Å². The Morgan fingerprint density at radius 1 is 1.45 bits per heavy atom. The average Bonchev–Trinajstić information content (AvgIpc) is 2.53. The summed E-state index contributed by atoms with van der Waals surface area (Å²) in [5.41, 5.74) is 0.660.